The van der Waals surface area contributed by atoms with Gasteiger partial charge in [0.2, 0.25) is 17.7 Å². The van der Waals surface area contributed by atoms with E-state index in [1.807, 2.05) is 0 Å². The molecule has 0 aliphatic carbocycles. The summed E-state index contributed by atoms with van der Waals surface area (Å²) < 4.78 is 0. The van der Waals surface area contributed by atoms with E-state index in [2.05, 4.69) is 24.4 Å². The van der Waals surface area contributed by atoms with Crippen molar-refractivity contribution < 1.29 is 24.3 Å². The summed E-state index contributed by atoms with van der Waals surface area (Å²) in [4.78, 5) is 43.3. The van der Waals surface area contributed by atoms with Crippen LogP contribution in [-0.4, -0.2) is 54.2 Å². The molecule has 4 N–H and O–H groups in total. The van der Waals surface area contributed by atoms with E-state index in [1.54, 1.807) is 0 Å². The van der Waals surface area contributed by atoms with Crippen molar-refractivity contribution in [1.82, 2.24) is 16.0 Å². The molecule has 0 aromatic rings. The van der Waals surface area contributed by atoms with Crippen LogP contribution in [0.1, 0.15) is 0 Å². The molecule has 0 radical (unpaired) electrons. The maximum absolute atomic E-state index is 11.2. The molecule has 0 aromatic heterocycles. The van der Waals surface area contributed by atoms with E-state index < -0.39 is 24.3 Å². The number of aliphatic carboxylic acids is 1. The van der Waals surface area contributed by atoms with Gasteiger partial charge >= 0.3 is 5.97 Å². The molecule has 0 spiro atoms. The first-order chi connectivity index (χ1) is 8.45. The number of carboxylic acids is 1. The van der Waals surface area contributed by atoms with Crippen LogP contribution in [0.25, 0.3) is 0 Å². The molecule has 0 rings (SSSR count). The van der Waals surface area contributed by atoms with Crippen molar-refractivity contribution >= 4 is 43.5 Å². The molecule has 0 aromatic carbocycles. The monoisotopic (exact) mass is 295 g/mol. The SMILES string of the molecule is O=C(O)CNC(=O)CNC(=O)CNC(=O)CSP. The zero-order valence-corrected chi connectivity index (χ0v) is 11.4. The van der Waals surface area contributed by atoms with E-state index in [0.717, 1.165) is 0 Å². The lowest BCUT2D eigenvalue weighted by atomic mass is 10.5. The van der Waals surface area contributed by atoms with Gasteiger partial charge < -0.3 is 21.1 Å². The van der Waals surface area contributed by atoms with Crippen molar-refractivity contribution in [3.8, 4) is 0 Å². The fraction of sp³-hybridized carbons (Fsp3) is 0.500. The Morgan fingerprint density at radius 1 is 0.889 bits per heavy atom. The molecule has 0 aliphatic heterocycles. The second-order valence-corrected chi connectivity index (χ2v) is 4.66. The van der Waals surface area contributed by atoms with Crippen LogP contribution in [-0.2, 0) is 19.2 Å². The maximum Gasteiger partial charge on any atom is 0.322 e. The lowest BCUT2D eigenvalue weighted by Crippen LogP contribution is -2.43. The Morgan fingerprint density at radius 3 is 1.78 bits per heavy atom. The number of hydrogen-bond acceptors (Lipinski definition) is 5. The van der Waals surface area contributed by atoms with Crippen LogP contribution < -0.4 is 16.0 Å². The number of rotatable bonds is 8. The molecule has 0 aliphatic rings. The highest BCUT2D eigenvalue weighted by Crippen LogP contribution is 2.07. The van der Waals surface area contributed by atoms with E-state index >= 15 is 0 Å². The van der Waals surface area contributed by atoms with Gasteiger partial charge in [-0.15, -0.1) is 11.4 Å². The Balaban J connectivity index is 3.67. The van der Waals surface area contributed by atoms with Crippen LogP contribution in [0.4, 0.5) is 0 Å². The lowest BCUT2D eigenvalue weighted by Gasteiger charge is -2.06. The van der Waals surface area contributed by atoms with E-state index in [0.29, 0.717) is 0 Å². The Hall–Kier alpha value is -1.34. The van der Waals surface area contributed by atoms with Crippen molar-refractivity contribution in [3.63, 3.8) is 0 Å². The van der Waals surface area contributed by atoms with Gasteiger partial charge in [0.05, 0.1) is 18.8 Å². The van der Waals surface area contributed by atoms with Crippen molar-refractivity contribution in [2.75, 3.05) is 25.4 Å². The van der Waals surface area contributed by atoms with Crippen molar-refractivity contribution in [2.45, 2.75) is 0 Å². The van der Waals surface area contributed by atoms with Gasteiger partial charge in [-0.3, -0.25) is 19.2 Å². The van der Waals surface area contributed by atoms with Gasteiger partial charge in [-0.05, 0) is 0 Å². The Bertz CT molecular complexity index is 339. The number of nitrogens with one attached hydrogen (secondary N) is 3. The third kappa shape index (κ3) is 9.86. The molecule has 8 nitrogen and oxygen atoms in total. The molecule has 0 bridgehead atoms. The molecule has 0 saturated carbocycles. The molecule has 10 heteroatoms. The predicted molar refractivity (Wildman–Crippen MR) is 68.8 cm³/mol. The van der Waals surface area contributed by atoms with Crippen LogP contribution in [0.15, 0.2) is 0 Å². The summed E-state index contributed by atoms with van der Waals surface area (Å²) in [5, 5.41) is 14.9. The Morgan fingerprint density at radius 2 is 1.33 bits per heavy atom. The van der Waals surface area contributed by atoms with Gasteiger partial charge in [0.25, 0.3) is 0 Å². The fourth-order valence-electron chi connectivity index (χ4n) is 0.784. The summed E-state index contributed by atoms with van der Waals surface area (Å²) in [6.45, 7) is -1.06. The van der Waals surface area contributed by atoms with Gasteiger partial charge in [-0.2, -0.15) is 0 Å². The van der Waals surface area contributed by atoms with E-state index in [-0.39, 0.29) is 24.7 Å². The summed E-state index contributed by atoms with van der Waals surface area (Å²) in [6, 6.07) is 0. The second kappa shape index (κ2) is 9.67. The summed E-state index contributed by atoms with van der Waals surface area (Å²) in [6.07, 6.45) is 0. The predicted octanol–water partition coefficient (Wildman–Crippen LogP) is -2.06. The maximum atomic E-state index is 11.2. The molecule has 3 amide bonds. The second-order valence-electron chi connectivity index (χ2n) is 3.03. The van der Waals surface area contributed by atoms with Crippen LogP contribution in [0.5, 0.6) is 0 Å². The fourth-order valence-corrected chi connectivity index (χ4v) is 1.49. The highest BCUT2D eigenvalue weighted by molar-refractivity contribution is 8.44. The Labute approximate surface area is 110 Å². The Kier molecular flexibility index (Phi) is 8.95. The number of carboxylic acid groups (broad SMARTS) is 1. The van der Waals surface area contributed by atoms with Gasteiger partial charge in [-0.1, -0.05) is 8.44 Å². The number of carbonyl (C=O) groups is 4. The first kappa shape index (κ1) is 16.7. The average Bonchev–Trinajstić information content (AvgIpc) is 2.31. The number of carbonyl (C=O) groups excluding carboxylic acids is 3. The summed E-state index contributed by atoms with van der Waals surface area (Å²) in [7, 11) is 2.30. The third-order valence-electron chi connectivity index (χ3n) is 1.54. The topological polar surface area (TPSA) is 125 Å². The molecule has 0 fully saturated rings. The van der Waals surface area contributed by atoms with E-state index in [1.165, 1.54) is 11.4 Å². The minimum absolute atomic E-state index is 0.219. The molecule has 102 valence electrons. The average molecular weight is 295 g/mol. The standard InChI is InChI=1S/C8H14N3O5PS/c12-5(2-10-7(14)4-18-17)9-1-6(13)11-3-8(15)16/h1-4,17H2,(H,9,12)(H,10,14)(H,11,13)(H,15,16). The summed E-state index contributed by atoms with van der Waals surface area (Å²) in [5.41, 5.74) is 0. The van der Waals surface area contributed by atoms with Crippen LogP contribution in [0.2, 0.25) is 0 Å². The van der Waals surface area contributed by atoms with Crippen LogP contribution >= 0.6 is 19.8 Å². The lowest BCUT2D eigenvalue weighted by molar-refractivity contribution is -0.137. The largest absolute Gasteiger partial charge is 0.480 e. The molecule has 1 unspecified atom stereocenters. The summed E-state index contributed by atoms with van der Waals surface area (Å²) in [5.74, 6) is -2.38. The van der Waals surface area contributed by atoms with Gasteiger partial charge in [-0.25, -0.2) is 0 Å². The molecular formula is C8H14N3O5PS. The smallest absolute Gasteiger partial charge is 0.322 e. The molecule has 0 saturated heterocycles. The summed E-state index contributed by atoms with van der Waals surface area (Å²) >= 11 is 1.24. The zero-order valence-electron chi connectivity index (χ0n) is 9.39. The molecule has 18 heavy (non-hydrogen) atoms. The van der Waals surface area contributed by atoms with Crippen LogP contribution in [0, 0.1) is 0 Å². The van der Waals surface area contributed by atoms with Crippen molar-refractivity contribution in [2.24, 2.45) is 0 Å². The van der Waals surface area contributed by atoms with Gasteiger partial charge in [0.1, 0.15) is 6.54 Å². The highest BCUT2D eigenvalue weighted by Gasteiger charge is 2.07. The molecular weight excluding hydrogens is 281 g/mol. The third-order valence-corrected chi connectivity index (χ3v) is 2.47. The van der Waals surface area contributed by atoms with Crippen LogP contribution in [0.3, 0.4) is 0 Å². The van der Waals surface area contributed by atoms with E-state index in [9.17, 15) is 19.2 Å². The van der Waals surface area contributed by atoms with E-state index in [4.69, 9.17) is 5.11 Å². The minimum Gasteiger partial charge on any atom is -0.480 e. The van der Waals surface area contributed by atoms with Gasteiger partial charge in [0.15, 0.2) is 0 Å². The highest BCUT2D eigenvalue weighted by atomic mass is 32.7. The first-order valence-electron chi connectivity index (χ1n) is 4.79. The molecule has 0 heterocycles. The first-order valence-corrected chi connectivity index (χ1v) is 7.25. The zero-order chi connectivity index (χ0) is 14.0. The normalized spacial score (nSPS) is 9.39. The van der Waals surface area contributed by atoms with Crippen molar-refractivity contribution in [3.05, 3.63) is 0 Å². The van der Waals surface area contributed by atoms with Gasteiger partial charge in [0, 0.05) is 0 Å². The number of amides is 3. The quantitative estimate of drug-likeness (QED) is 0.382. The minimum atomic E-state index is -1.17. The van der Waals surface area contributed by atoms with Crippen molar-refractivity contribution in [1.29, 1.82) is 0 Å². The number of hydrogen-bond donors (Lipinski definition) is 4. The molecule has 1 atom stereocenters.